The van der Waals surface area contributed by atoms with Crippen LogP contribution in [0.25, 0.3) is 0 Å². The molecule has 0 fully saturated rings. The first-order valence-corrected chi connectivity index (χ1v) is 5.13. The van der Waals surface area contributed by atoms with Gasteiger partial charge in [-0.05, 0) is 30.6 Å². The Balaban J connectivity index is 4.08. The van der Waals surface area contributed by atoms with Crippen LogP contribution in [0, 0.1) is 23.7 Å². The summed E-state index contributed by atoms with van der Waals surface area (Å²) in [5, 5.41) is 0. The zero-order chi connectivity index (χ0) is 9.89. The van der Waals surface area contributed by atoms with E-state index in [9.17, 15) is 0 Å². The molecule has 12 heavy (non-hydrogen) atoms. The second-order valence-corrected chi connectivity index (χ2v) is 4.68. The van der Waals surface area contributed by atoms with Crippen molar-refractivity contribution in [2.24, 2.45) is 29.4 Å². The zero-order valence-corrected chi connectivity index (χ0v) is 9.46. The van der Waals surface area contributed by atoms with E-state index in [0.717, 1.165) is 17.8 Å². The molecule has 0 aliphatic carbocycles. The van der Waals surface area contributed by atoms with Gasteiger partial charge < -0.3 is 5.73 Å². The van der Waals surface area contributed by atoms with Crippen molar-refractivity contribution >= 4 is 0 Å². The molecule has 0 saturated carbocycles. The van der Waals surface area contributed by atoms with Crippen LogP contribution in [-0.2, 0) is 0 Å². The van der Waals surface area contributed by atoms with Crippen LogP contribution in [-0.4, -0.2) is 6.04 Å². The van der Waals surface area contributed by atoms with Crippen LogP contribution in [0.2, 0.25) is 0 Å². The van der Waals surface area contributed by atoms with Gasteiger partial charge in [-0.15, -0.1) is 0 Å². The number of hydrogen-bond acceptors (Lipinski definition) is 1. The Morgan fingerprint density at radius 3 is 1.33 bits per heavy atom. The SMILES string of the molecule is CC(C)C(C)C(C)C(C)[C@H](C)N. The van der Waals surface area contributed by atoms with Crippen LogP contribution < -0.4 is 5.73 Å². The van der Waals surface area contributed by atoms with Gasteiger partial charge in [0.2, 0.25) is 0 Å². The summed E-state index contributed by atoms with van der Waals surface area (Å²) >= 11 is 0. The lowest BCUT2D eigenvalue weighted by Crippen LogP contribution is -2.33. The second kappa shape index (κ2) is 4.86. The van der Waals surface area contributed by atoms with E-state index in [1.54, 1.807) is 0 Å². The summed E-state index contributed by atoms with van der Waals surface area (Å²) < 4.78 is 0. The van der Waals surface area contributed by atoms with Crippen molar-refractivity contribution < 1.29 is 0 Å². The van der Waals surface area contributed by atoms with Crippen molar-refractivity contribution in [1.29, 1.82) is 0 Å². The fourth-order valence-corrected chi connectivity index (χ4v) is 1.56. The fourth-order valence-electron chi connectivity index (χ4n) is 1.56. The van der Waals surface area contributed by atoms with E-state index in [4.69, 9.17) is 5.73 Å². The monoisotopic (exact) mass is 171 g/mol. The van der Waals surface area contributed by atoms with Crippen molar-refractivity contribution in [2.75, 3.05) is 0 Å². The maximum atomic E-state index is 5.87. The summed E-state index contributed by atoms with van der Waals surface area (Å²) in [6.07, 6.45) is 0. The van der Waals surface area contributed by atoms with E-state index in [0.29, 0.717) is 12.0 Å². The minimum Gasteiger partial charge on any atom is -0.328 e. The Hall–Kier alpha value is -0.0400. The van der Waals surface area contributed by atoms with Crippen molar-refractivity contribution in [3.05, 3.63) is 0 Å². The highest BCUT2D eigenvalue weighted by Gasteiger charge is 2.23. The first kappa shape index (κ1) is 12.0. The van der Waals surface area contributed by atoms with Gasteiger partial charge in [0.1, 0.15) is 0 Å². The third kappa shape index (κ3) is 3.14. The maximum absolute atomic E-state index is 5.87. The van der Waals surface area contributed by atoms with Crippen LogP contribution in [0.1, 0.15) is 41.5 Å². The normalized spacial score (nSPS) is 22.0. The molecule has 0 aromatic heterocycles. The highest BCUT2D eigenvalue weighted by atomic mass is 14.6. The van der Waals surface area contributed by atoms with Crippen LogP contribution >= 0.6 is 0 Å². The molecular formula is C11H25N. The number of rotatable bonds is 4. The predicted octanol–water partition coefficient (Wildman–Crippen LogP) is 2.90. The highest BCUT2D eigenvalue weighted by molar-refractivity contribution is 4.75. The van der Waals surface area contributed by atoms with Gasteiger partial charge in [0.05, 0.1) is 0 Å². The Kier molecular flexibility index (Phi) is 4.84. The van der Waals surface area contributed by atoms with Gasteiger partial charge in [0, 0.05) is 6.04 Å². The van der Waals surface area contributed by atoms with Crippen LogP contribution in [0.5, 0.6) is 0 Å². The Bertz CT molecular complexity index is 104. The van der Waals surface area contributed by atoms with Gasteiger partial charge in [0.25, 0.3) is 0 Å². The van der Waals surface area contributed by atoms with Crippen molar-refractivity contribution in [1.82, 2.24) is 0 Å². The fraction of sp³-hybridized carbons (Fsp3) is 1.00. The summed E-state index contributed by atoms with van der Waals surface area (Å²) in [6, 6.07) is 0.321. The highest BCUT2D eigenvalue weighted by Crippen LogP contribution is 2.27. The van der Waals surface area contributed by atoms with Gasteiger partial charge in [-0.1, -0.05) is 34.6 Å². The van der Waals surface area contributed by atoms with Crippen molar-refractivity contribution in [3.63, 3.8) is 0 Å². The molecule has 4 atom stereocenters. The third-order valence-electron chi connectivity index (χ3n) is 3.54. The van der Waals surface area contributed by atoms with Crippen LogP contribution in [0.15, 0.2) is 0 Å². The van der Waals surface area contributed by atoms with Gasteiger partial charge in [-0.3, -0.25) is 0 Å². The molecule has 2 N–H and O–H groups in total. The van der Waals surface area contributed by atoms with E-state index in [1.165, 1.54) is 0 Å². The second-order valence-electron chi connectivity index (χ2n) is 4.68. The molecular weight excluding hydrogens is 146 g/mol. The molecule has 0 aliphatic heterocycles. The summed E-state index contributed by atoms with van der Waals surface area (Å²) in [5.74, 6) is 2.89. The Morgan fingerprint density at radius 1 is 0.667 bits per heavy atom. The lowest BCUT2D eigenvalue weighted by Gasteiger charge is -2.31. The maximum Gasteiger partial charge on any atom is 0.00387 e. The summed E-state index contributed by atoms with van der Waals surface area (Å²) in [6.45, 7) is 13.6. The number of nitrogens with two attached hydrogens (primary N) is 1. The molecule has 0 aromatic carbocycles. The first-order chi connectivity index (χ1) is 5.37. The molecule has 0 heterocycles. The minimum atomic E-state index is 0.321. The largest absolute Gasteiger partial charge is 0.328 e. The van der Waals surface area contributed by atoms with Gasteiger partial charge in [0.15, 0.2) is 0 Å². The van der Waals surface area contributed by atoms with E-state index in [-0.39, 0.29) is 0 Å². The zero-order valence-electron chi connectivity index (χ0n) is 9.46. The van der Waals surface area contributed by atoms with Crippen molar-refractivity contribution in [3.8, 4) is 0 Å². The topological polar surface area (TPSA) is 26.0 Å². The summed E-state index contributed by atoms with van der Waals surface area (Å²) in [5.41, 5.74) is 5.87. The van der Waals surface area contributed by atoms with E-state index in [1.807, 2.05) is 0 Å². The lowest BCUT2D eigenvalue weighted by atomic mass is 9.77. The molecule has 1 nitrogen and oxygen atoms in total. The molecule has 0 rings (SSSR count). The molecule has 1 heteroatoms. The number of hydrogen-bond donors (Lipinski definition) is 1. The first-order valence-electron chi connectivity index (χ1n) is 5.13. The van der Waals surface area contributed by atoms with Crippen molar-refractivity contribution in [2.45, 2.75) is 47.6 Å². The smallest absolute Gasteiger partial charge is 0.00387 e. The Labute approximate surface area is 77.7 Å². The lowest BCUT2D eigenvalue weighted by molar-refractivity contribution is 0.204. The standard InChI is InChI=1S/C11H25N/c1-7(2)8(3)9(4)10(5)11(6)12/h7-11H,12H2,1-6H3/t8?,9?,10?,11-/m0/s1. The average Bonchev–Trinajstić information content (AvgIpc) is 2.00. The average molecular weight is 171 g/mol. The van der Waals surface area contributed by atoms with Gasteiger partial charge in [-0.25, -0.2) is 0 Å². The molecule has 0 spiro atoms. The molecule has 0 saturated heterocycles. The molecule has 0 aromatic rings. The minimum absolute atomic E-state index is 0.321. The third-order valence-corrected chi connectivity index (χ3v) is 3.54. The molecule has 74 valence electrons. The van der Waals surface area contributed by atoms with E-state index in [2.05, 4.69) is 41.5 Å². The van der Waals surface area contributed by atoms with E-state index >= 15 is 0 Å². The van der Waals surface area contributed by atoms with Crippen LogP contribution in [0.3, 0.4) is 0 Å². The van der Waals surface area contributed by atoms with E-state index < -0.39 is 0 Å². The predicted molar refractivity (Wildman–Crippen MR) is 56.0 cm³/mol. The molecule has 0 radical (unpaired) electrons. The molecule has 0 bridgehead atoms. The summed E-state index contributed by atoms with van der Waals surface area (Å²) in [7, 11) is 0. The summed E-state index contributed by atoms with van der Waals surface area (Å²) in [4.78, 5) is 0. The van der Waals surface area contributed by atoms with Gasteiger partial charge >= 0.3 is 0 Å². The quantitative estimate of drug-likeness (QED) is 0.691. The Morgan fingerprint density at radius 2 is 1.08 bits per heavy atom. The van der Waals surface area contributed by atoms with Gasteiger partial charge in [-0.2, -0.15) is 0 Å². The van der Waals surface area contributed by atoms with Crippen LogP contribution in [0.4, 0.5) is 0 Å². The molecule has 3 unspecified atom stereocenters. The molecule has 0 aliphatic rings. The molecule has 0 amide bonds.